The molecule has 1 unspecified atom stereocenters. The van der Waals surface area contributed by atoms with E-state index in [2.05, 4.69) is 15.3 Å². The van der Waals surface area contributed by atoms with E-state index < -0.39 is 12.1 Å². The Hall–Kier alpha value is -2.71. The minimum atomic E-state index is -0.627. The number of esters is 1. The van der Waals surface area contributed by atoms with Crippen LogP contribution in [0.5, 0.6) is 0 Å². The molecule has 0 aliphatic carbocycles. The van der Waals surface area contributed by atoms with E-state index in [0.717, 1.165) is 21.6 Å². The third-order valence-corrected chi connectivity index (χ3v) is 5.33. The highest BCUT2D eigenvalue weighted by Gasteiger charge is 2.22. The van der Waals surface area contributed by atoms with Crippen LogP contribution < -0.4 is 0 Å². The van der Waals surface area contributed by atoms with Crippen LogP contribution in [0.4, 0.5) is 0 Å². The van der Waals surface area contributed by atoms with Crippen molar-refractivity contribution in [3.63, 3.8) is 0 Å². The SMILES string of the molecule is Cc1nnc(C(C)OC(=O)c2cc3c(C)nn(-c4ccc(Cl)cc4)c3s2)o1. The summed E-state index contributed by atoms with van der Waals surface area (Å²) in [4.78, 5) is 13.9. The lowest BCUT2D eigenvalue weighted by atomic mass is 10.3. The molecule has 0 bridgehead atoms. The van der Waals surface area contributed by atoms with Crippen LogP contribution in [0.2, 0.25) is 5.02 Å². The zero-order valence-electron chi connectivity index (χ0n) is 14.8. The summed E-state index contributed by atoms with van der Waals surface area (Å²) in [5, 5.41) is 13.8. The van der Waals surface area contributed by atoms with Crippen molar-refractivity contribution in [3.8, 4) is 5.69 Å². The summed E-state index contributed by atoms with van der Waals surface area (Å²) in [7, 11) is 0. The summed E-state index contributed by atoms with van der Waals surface area (Å²) in [6.07, 6.45) is -0.627. The van der Waals surface area contributed by atoms with Crippen molar-refractivity contribution in [2.75, 3.05) is 0 Å². The first-order chi connectivity index (χ1) is 12.9. The number of rotatable bonds is 4. The Morgan fingerprint density at radius 3 is 2.67 bits per heavy atom. The van der Waals surface area contributed by atoms with E-state index >= 15 is 0 Å². The zero-order chi connectivity index (χ0) is 19.1. The molecule has 1 aromatic carbocycles. The van der Waals surface area contributed by atoms with E-state index in [-0.39, 0.29) is 5.89 Å². The van der Waals surface area contributed by atoms with Crippen molar-refractivity contribution >= 4 is 39.1 Å². The van der Waals surface area contributed by atoms with E-state index in [9.17, 15) is 4.79 Å². The van der Waals surface area contributed by atoms with Crippen LogP contribution in [-0.4, -0.2) is 25.9 Å². The van der Waals surface area contributed by atoms with E-state index in [1.807, 2.05) is 19.1 Å². The van der Waals surface area contributed by atoms with Crippen LogP contribution in [0.15, 0.2) is 34.7 Å². The number of fused-ring (bicyclic) bond motifs is 1. The molecule has 0 aliphatic rings. The topological polar surface area (TPSA) is 83.0 Å². The predicted octanol–water partition coefficient (Wildman–Crippen LogP) is 4.66. The van der Waals surface area contributed by atoms with Gasteiger partial charge < -0.3 is 9.15 Å². The van der Waals surface area contributed by atoms with Crippen LogP contribution in [0.25, 0.3) is 15.9 Å². The van der Waals surface area contributed by atoms with Gasteiger partial charge in [-0.3, -0.25) is 0 Å². The van der Waals surface area contributed by atoms with Crippen molar-refractivity contribution in [2.45, 2.75) is 26.9 Å². The van der Waals surface area contributed by atoms with Crippen molar-refractivity contribution in [1.82, 2.24) is 20.0 Å². The number of halogens is 1. The number of hydrogen-bond donors (Lipinski definition) is 0. The zero-order valence-corrected chi connectivity index (χ0v) is 16.3. The summed E-state index contributed by atoms with van der Waals surface area (Å²) in [6.45, 7) is 5.28. The molecule has 3 aromatic heterocycles. The number of aromatic nitrogens is 4. The van der Waals surface area contributed by atoms with Crippen molar-refractivity contribution in [2.24, 2.45) is 0 Å². The third kappa shape index (κ3) is 3.33. The summed E-state index contributed by atoms with van der Waals surface area (Å²) >= 11 is 7.28. The molecule has 0 saturated carbocycles. The minimum Gasteiger partial charge on any atom is -0.448 e. The molecule has 0 saturated heterocycles. The van der Waals surface area contributed by atoms with E-state index in [4.69, 9.17) is 20.8 Å². The van der Waals surface area contributed by atoms with Gasteiger partial charge in [0.15, 0.2) is 6.10 Å². The molecule has 7 nitrogen and oxygen atoms in total. The van der Waals surface area contributed by atoms with Crippen LogP contribution in [-0.2, 0) is 4.74 Å². The quantitative estimate of drug-likeness (QED) is 0.462. The van der Waals surface area contributed by atoms with Crippen LogP contribution in [0.3, 0.4) is 0 Å². The Bertz CT molecular complexity index is 1130. The highest BCUT2D eigenvalue weighted by molar-refractivity contribution is 7.20. The molecule has 3 heterocycles. The largest absolute Gasteiger partial charge is 0.448 e. The Morgan fingerprint density at radius 2 is 2.00 bits per heavy atom. The second-order valence-electron chi connectivity index (χ2n) is 6.01. The van der Waals surface area contributed by atoms with Gasteiger partial charge in [-0.05, 0) is 44.2 Å². The normalized spacial score (nSPS) is 12.4. The van der Waals surface area contributed by atoms with Gasteiger partial charge in [-0.1, -0.05) is 11.6 Å². The average molecular weight is 403 g/mol. The van der Waals surface area contributed by atoms with Crippen molar-refractivity contribution in [3.05, 3.63) is 57.7 Å². The molecule has 4 rings (SSSR count). The first-order valence-electron chi connectivity index (χ1n) is 8.18. The van der Waals surface area contributed by atoms with Gasteiger partial charge in [0, 0.05) is 17.3 Å². The fourth-order valence-electron chi connectivity index (χ4n) is 2.65. The fourth-order valence-corrected chi connectivity index (χ4v) is 3.84. The van der Waals surface area contributed by atoms with Crippen molar-refractivity contribution in [1.29, 1.82) is 0 Å². The van der Waals surface area contributed by atoms with Crippen LogP contribution >= 0.6 is 22.9 Å². The van der Waals surface area contributed by atoms with Crippen LogP contribution in [0.1, 0.15) is 40.2 Å². The first-order valence-corrected chi connectivity index (χ1v) is 9.38. The highest BCUT2D eigenvalue weighted by Crippen LogP contribution is 2.32. The maximum Gasteiger partial charge on any atom is 0.349 e. The van der Waals surface area contributed by atoms with Gasteiger partial charge in [-0.25, -0.2) is 9.48 Å². The fraction of sp³-hybridized carbons (Fsp3) is 0.222. The smallest absolute Gasteiger partial charge is 0.349 e. The van der Waals surface area contributed by atoms with Gasteiger partial charge in [0.2, 0.25) is 5.89 Å². The summed E-state index contributed by atoms with van der Waals surface area (Å²) in [5.41, 5.74) is 1.70. The molecule has 9 heteroatoms. The van der Waals surface area contributed by atoms with Gasteiger partial charge in [-0.2, -0.15) is 5.10 Å². The van der Waals surface area contributed by atoms with Gasteiger partial charge in [-0.15, -0.1) is 21.5 Å². The first kappa shape index (κ1) is 17.7. The van der Waals surface area contributed by atoms with Gasteiger partial charge in [0.1, 0.15) is 9.71 Å². The molecule has 0 N–H and O–H groups in total. The lowest BCUT2D eigenvalue weighted by molar-refractivity contribution is 0.0283. The van der Waals surface area contributed by atoms with E-state index in [1.165, 1.54) is 11.3 Å². The number of carbonyl (C=O) groups is 1. The third-order valence-electron chi connectivity index (χ3n) is 3.99. The van der Waals surface area contributed by atoms with Gasteiger partial charge in [0.25, 0.3) is 5.89 Å². The number of ether oxygens (including phenoxy) is 1. The summed E-state index contributed by atoms with van der Waals surface area (Å²) in [5.74, 6) is 0.250. The number of nitrogens with zero attached hydrogens (tertiary/aromatic N) is 4. The minimum absolute atomic E-state index is 0.269. The molecular weight excluding hydrogens is 388 g/mol. The molecule has 0 spiro atoms. The Kier molecular flexibility index (Phi) is 4.45. The standard InChI is InChI=1S/C18H15ClN4O3S/c1-9-14-8-15(18(24)25-10(2)16-21-20-11(3)26-16)27-17(14)23(22-9)13-6-4-12(19)5-7-13/h4-8,10H,1-3H3. The Labute approximate surface area is 163 Å². The Balaban J connectivity index is 1.64. The number of thiophene rings is 1. The van der Waals surface area contributed by atoms with E-state index in [1.54, 1.807) is 36.7 Å². The number of benzene rings is 1. The number of hydrogen-bond acceptors (Lipinski definition) is 7. The molecule has 0 amide bonds. The molecule has 0 aliphatic heterocycles. The second-order valence-corrected chi connectivity index (χ2v) is 7.48. The lowest BCUT2D eigenvalue weighted by Crippen LogP contribution is -2.08. The molecule has 0 radical (unpaired) electrons. The molecule has 0 fully saturated rings. The van der Waals surface area contributed by atoms with E-state index in [0.29, 0.717) is 15.8 Å². The van der Waals surface area contributed by atoms with Gasteiger partial charge in [0.05, 0.1) is 11.4 Å². The monoisotopic (exact) mass is 402 g/mol. The van der Waals surface area contributed by atoms with Crippen molar-refractivity contribution < 1.29 is 13.9 Å². The average Bonchev–Trinajstić information content (AvgIpc) is 3.32. The Morgan fingerprint density at radius 1 is 1.26 bits per heavy atom. The summed E-state index contributed by atoms with van der Waals surface area (Å²) < 4.78 is 12.6. The van der Waals surface area contributed by atoms with Crippen LogP contribution in [0, 0.1) is 13.8 Å². The lowest BCUT2D eigenvalue weighted by Gasteiger charge is -2.07. The molecule has 27 heavy (non-hydrogen) atoms. The predicted molar refractivity (Wildman–Crippen MR) is 102 cm³/mol. The summed E-state index contributed by atoms with van der Waals surface area (Å²) in [6, 6.07) is 9.16. The maximum atomic E-state index is 12.6. The van der Waals surface area contributed by atoms with Gasteiger partial charge >= 0.3 is 5.97 Å². The molecule has 4 aromatic rings. The highest BCUT2D eigenvalue weighted by atomic mass is 35.5. The number of carbonyl (C=O) groups excluding carboxylic acids is 1. The number of aryl methyl sites for hydroxylation is 2. The molecule has 1 atom stereocenters. The maximum absolute atomic E-state index is 12.6. The second kappa shape index (κ2) is 6.79. The molecule has 138 valence electrons. The molecular formula is C18H15ClN4O3S.